The summed E-state index contributed by atoms with van der Waals surface area (Å²) in [4.78, 5) is 15.6. The van der Waals surface area contributed by atoms with Crippen molar-refractivity contribution in [2.75, 3.05) is 0 Å². The molecule has 0 spiro atoms. The normalized spacial score (nSPS) is 20.7. The van der Waals surface area contributed by atoms with Crippen molar-refractivity contribution >= 4 is 40.5 Å². The first-order valence-corrected chi connectivity index (χ1v) is 7.07. The van der Waals surface area contributed by atoms with E-state index in [1.54, 1.807) is 6.21 Å². The van der Waals surface area contributed by atoms with Gasteiger partial charge < -0.3 is 5.11 Å². The topological polar surface area (TPSA) is 75.7 Å². The SMILES string of the molecule is O=[N+]([O-])c1cc2c(cc1Cl)N=CC(c1cccs1)C2O. The predicted octanol–water partition coefficient (Wildman–Crippen LogP) is 3.84. The van der Waals surface area contributed by atoms with Crippen LogP contribution in [0.2, 0.25) is 5.02 Å². The van der Waals surface area contributed by atoms with Gasteiger partial charge in [-0.15, -0.1) is 11.3 Å². The van der Waals surface area contributed by atoms with Gasteiger partial charge in [-0.3, -0.25) is 15.1 Å². The highest BCUT2D eigenvalue weighted by Crippen LogP contribution is 2.43. The molecular weight excluding hydrogens is 300 g/mol. The number of aliphatic hydroxyl groups is 1. The van der Waals surface area contributed by atoms with Crippen molar-refractivity contribution in [3.8, 4) is 0 Å². The molecule has 1 aliphatic heterocycles. The molecule has 2 atom stereocenters. The largest absolute Gasteiger partial charge is 0.387 e. The fourth-order valence-corrected chi connectivity index (χ4v) is 3.25. The summed E-state index contributed by atoms with van der Waals surface area (Å²) >= 11 is 7.36. The van der Waals surface area contributed by atoms with Gasteiger partial charge in [0.25, 0.3) is 5.69 Å². The number of benzene rings is 1. The van der Waals surface area contributed by atoms with E-state index < -0.39 is 11.0 Å². The summed E-state index contributed by atoms with van der Waals surface area (Å²) in [5, 5.41) is 23.3. The van der Waals surface area contributed by atoms with Crippen LogP contribution in [0.3, 0.4) is 0 Å². The quantitative estimate of drug-likeness (QED) is 0.676. The molecule has 2 heterocycles. The van der Waals surface area contributed by atoms with Crippen molar-refractivity contribution in [2.45, 2.75) is 12.0 Å². The van der Waals surface area contributed by atoms with Gasteiger partial charge >= 0.3 is 0 Å². The molecule has 0 aliphatic carbocycles. The van der Waals surface area contributed by atoms with Gasteiger partial charge in [0.1, 0.15) is 5.02 Å². The number of nitro benzene ring substituents is 1. The Morgan fingerprint density at radius 1 is 1.45 bits per heavy atom. The zero-order chi connectivity index (χ0) is 14.3. The Balaban J connectivity index is 2.08. The fourth-order valence-electron chi connectivity index (χ4n) is 2.20. The van der Waals surface area contributed by atoms with Gasteiger partial charge in [-0.2, -0.15) is 0 Å². The van der Waals surface area contributed by atoms with Crippen LogP contribution in [0, 0.1) is 10.1 Å². The maximum atomic E-state index is 10.9. The maximum Gasteiger partial charge on any atom is 0.288 e. The van der Waals surface area contributed by atoms with E-state index in [-0.39, 0.29) is 16.6 Å². The number of thiophene rings is 1. The molecule has 1 aliphatic rings. The third-order valence-electron chi connectivity index (χ3n) is 3.20. The van der Waals surface area contributed by atoms with E-state index in [0.717, 1.165) is 4.88 Å². The molecule has 1 N–H and O–H groups in total. The van der Waals surface area contributed by atoms with Gasteiger partial charge in [-0.1, -0.05) is 17.7 Å². The molecule has 0 saturated carbocycles. The smallest absolute Gasteiger partial charge is 0.288 e. The van der Waals surface area contributed by atoms with Gasteiger partial charge in [-0.25, -0.2) is 0 Å². The molecule has 0 fully saturated rings. The average molecular weight is 309 g/mol. The van der Waals surface area contributed by atoms with Gasteiger partial charge in [0.2, 0.25) is 0 Å². The second kappa shape index (κ2) is 4.97. The molecule has 0 radical (unpaired) electrons. The molecule has 0 bridgehead atoms. The summed E-state index contributed by atoms with van der Waals surface area (Å²) in [5.74, 6) is -0.289. The van der Waals surface area contributed by atoms with E-state index in [1.165, 1.54) is 23.5 Å². The van der Waals surface area contributed by atoms with E-state index in [9.17, 15) is 15.2 Å². The van der Waals surface area contributed by atoms with Crippen LogP contribution >= 0.6 is 22.9 Å². The van der Waals surface area contributed by atoms with E-state index in [0.29, 0.717) is 11.3 Å². The van der Waals surface area contributed by atoms with Crippen LogP contribution in [0.15, 0.2) is 34.6 Å². The summed E-state index contributed by atoms with van der Waals surface area (Å²) in [6.45, 7) is 0. The molecule has 20 heavy (non-hydrogen) atoms. The molecule has 5 nitrogen and oxygen atoms in total. The number of nitro groups is 1. The third kappa shape index (κ3) is 2.11. The highest BCUT2D eigenvalue weighted by molar-refractivity contribution is 7.10. The van der Waals surface area contributed by atoms with Gasteiger partial charge in [-0.05, 0) is 17.5 Å². The Hall–Kier alpha value is -1.76. The number of aliphatic hydroxyl groups excluding tert-OH is 1. The Kier molecular flexibility index (Phi) is 3.29. The lowest BCUT2D eigenvalue weighted by molar-refractivity contribution is -0.384. The number of rotatable bonds is 2. The number of hydrogen-bond acceptors (Lipinski definition) is 5. The van der Waals surface area contributed by atoms with Crippen LogP contribution in [0.5, 0.6) is 0 Å². The minimum atomic E-state index is -0.864. The van der Waals surface area contributed by atoms with Crippen molar-refractivity contribution in [1.29, 1.82) is 0 Å². The van der Waals surface area contributed by atoms with Gasteiger partial charge in [0, 0.05) is 22.7 Å². The lowest BCUT2D eigenvalue weighted by Crippen LogP contribution is -2.15. The number of aliphatic imine (C=N–C) groups is 1. The maximum absolute atomic E-state index is 10.9. The zero-order valence-electron chi connectivity index (χ0n) is 10.1. The minimum Gasteiger partial charge on any atom is -0.387 e. The van der Waals surface area contributed by atoms with Crippen molar-refractivity contribution in [3.63, 3.8) is 0 Å². The van der Waals surface area contributed by atoms with Crippen molar-refractivity contribution in [2.24, 2.45) is 4.99 Å². The molecule has 1 aromatic carbocycles. The van der Waals surface area contributed by atoms with E-state index in [2.05, 4.69) is 4.99 Å². The Morgan fingerprint density at radius 3 is 2.90 bits per heavy atom. The molecule has 0 saturated heterocycles. The minimum absolute atomic E-state index is 0.0210. The standard InChI is InChI=1S/C13H9ClN2O3S/c14-9-5-10-7(4-11(9)16(18)19)13(17)8(6-15-10)12-2-1-3-20-12/h1-6,8,13,17H. The van der Waals surface area contributed by atoms with Crippen LogP contribution in [-0.2, 0) is 0 Å². The number of hydrogen-bond donors (Lipinski definition) is 1. The molecule has 3 rings (SSSR count). The summed E-state index contributed by atoms with van der Waals surface area (Å²) < 4.78 is 0. The lowest BCUT2D eigenvalue weighted by atomic mass is 9.91. The lowest BCUT2D eigenvalue weighted by Gasteiger charge is -2.24. The first-order chi connectivity index (χ1) is 9.58. The van der Waals surface area contributed by atoms with Crippen LogP contribution in [-0.4, -0.2) is 16.2 Å². The highest BCUT2D eigenvalue weighted by Gasteiger charge is 2.30. The molecule has 7 heteroatoms. The van der Waals surface area contributed by atoms with Crippen molar-refractivity contribution in [3.05, 3.63) is 55.2 Å². The third-order valence-corrected chi connectivity index (χ3v) is 4.47. The molecule has 102 valence electrons. The van der Waals surface area contributed by atoms with Gasteiger partial charge in [0.15, 0.2) is 0 Å². The van der Waals surface area contributed by atoms with Crippen LogP contribution in [0.1, 0.15) is 22.5 Å². The van der Waals surface area contributed by atoms with Gasteiger partial charge in [0.05, 0.1) is 22.6 Å². The Labute approximate surface area is 123 Å². The number of fused-ring (bicyclic) bond motifs is 1. The first-order valence-electron chi connectivity index (χ1n) is 5.81. The second-order valence-electron chi connectivity index (χ2n) is 4.38. The van der Waals surface area contributed by atoms with Crippen molar-refractivity contribution < 1.29 is 10.0 Å². The van der Waals surface area contributed by atoms with Crippen LogP contribution in [0.4, 0.5) is 11.4 Å². The summed E-state index contributed by atoms with van der Waals surface area (Å²) in [6, 6.07) is 6.51. The predicted molar refractivity (Wildman–Crippen MR) is 78.3 cm³/mol. The molecular formula is C13H9ClN2O3S. The van der Waals surface area contributed by atoms with E-state index >= 15 is 0 Å². The second-order valence-corrected chi connectivity index (χ2v) is 5.77. The number of halogens is 1. The summed E-state index contributed by atoms with van der Waals surface area (Å²) in [7, 11) is 0. The molecule has 2 unspecified atom stereocenters. The molecule has 1 aromatic heterocycles. The Bertz CT molecular complexity index is 700. The first kappa shape index (κ1) is 13.2. The summed E-state index contributed by atoms with van der Waals surface area (Å²) in [5.41, 5.74) is 0.689. The number of nitrogens with zero attached hydrogens (tertiary/aromatic N) is 2. The molecule has 2 aromatic rings. The van der Waals surface area contributed by atoms with E-state index in [1.807, 2.05) is 17.5 Å². The highest BCUT2D eigenvalue weighted by atomic mass is 35.5. The van der Waals surface area contributed by atoms with Crippen LogP contribution in [0.25, 0.3) is 0 Å². The monoisotopic (exact) mass is 308 g/mol. The Morgan fingerprint density at radius 2 is 2.25 bits per heavy atom. The van der Waals surface area contributed by atoms with E-state index in [4.69, 9.17) is 11.6 Å². The zero-order valence-corrected chi connectivity index (χ0v) is 11.6. The molecule has 0 amide bonds. The average Bonchev–Trinajstić information content (AvgIpc) is 2.92. The van der Waals surface area contributed by atoms with Crippen molar-refractivity contribution in [1.82, 2.24) is 0 Å². The summed E-state index contributed by atoms with van der Waals surface area (Å²) in [6.07, 6.45) is 0.790. The van der Waals surface area contributed by atoms with Crippen LogP contribution < -0.4 is 0 Å². The fraction of sp³-hybridized carbons (Fsp3) is 0.154.